The smallest absolute Gasteiger partial charge is 0.231 e. The fraction of sp³-hybridized carbons (Fsp3) is 0. The van der Waals surface area contributed by atoms with Gasteiger partial charge in [-0.05, 0) is 47.5 Å². The summed E-state index contributed by atoms with van der Waals surface area (Å²) in [6.45, 7) is 0. The second kappa shape index (κ2) is 6.78. The molecule has 1 aliphatic rings. The molecule has 6 heteroatoms. The monoisotopic (exact) mass is 380 g/mol. The number of anilines is 2. The van der Waals surface area contributed by atoms with Gasteiger partial charge >= 0.3 is 0 Å². The third-order valence-corrected chi connectivity index (χ3v) is 5.10. The van der Waals surface area contributed by atoms with E-state index >= 15 is 0 Å². The molecule has 0 unspecified atom stereocenters. The van der Waals surface area contributed by atoms with Crippen molar-refractivity contribution in [2.75, 3.05) is 5.32 Å². The number of ketones is 1. The van der Waals surface area contributed by atoms with Crippen LogP contribution in [0.1, 0.15) is 16.0 Å². The SMILES string of the molecule is O=C1C=Cc2ccccc2C1=Cc1sc(Nc2ccc(Cl)cc2)nc1O. The zero-order valence-electron chi connectivity index (χ0n) is 13.4. The Bertz CT molecular complexity index is 1050. The Hall–Kier alpha value is -2.89. The first kappa shape index (κ1) is 16.6. The summed E-state index contributed by atoms with van der Waals surface area (Å²) >= 11 is 7.15. The number of rotatable bonds is 3. The molecule has 0 radical (unpaired) electrons. The van der Waals surface area contributed by atoms with Crippen LogP contribution in [0.2, 0.25) is 5.02 Å². The molecule has 1 aliphatic carbocycles. The summed E-state index contributed by atoms with van der Waals surface area (Å²) in [5.41, 5.74) is 3.17. The van der Waals surface area contributed by atoms with Crippen molar-refractivity contribution in [3.63, 3.8) is 0 Å². The van der Waals surface area contributed by atoms with Crippen molar-refractivity contribution in [1.29, 1.82) is 0 Å². The molecule has 0 saturated heterocycles. The number of hydrogen-bond acceptors (Lipinski definition) is 5. The molecule has 1 aromatic heterocycles. The number of benzene rings is 2. The van der Waals surface area contributed by atoms with Gasteiger partial charge in [-0.2, -0.15) is 4.98 Å². The second-order valence-corrected chi connectivity index (χ2v) is 7.15. The number of nitrogens with zero attached hydrogens (tertiary/aromatic N) is 1. The van der Waals surface area contributed by atoms with Crippen molar-refractivity contribution in [3.8, 4) is 5.88 Å². The van der Waals surface area contributed by atoms with E-state index in [-0.39, 0.29) is 11.7 Å². The van der Waals surface area contributed by atoms with Gasteiger partial charge in [0.25, 0.3) is 0 Å². The molecule has 0 bridgehead atoms. The molecule has 0 aliphatic heterocycles. The van der Waals surface area contributed by atoms with E-state index in [2.05, 4.69) is 10.3 Å². The number of allylic oxidation sites excluding steroid dienone is 2. The first-order valence-electron chi connectivity index (χ1n) is 7.86. The molecule has 1 heterocycles. The molecular formula is C20H13ClN2O2S. The lowest BCUT2D eigenvalue weighted by Gasteiger charge is -2.12. The van der Waals surface area contributed by atoms with E-state index in [1.165, 1.54) is 11.3 Å². The minimum Gasteiger partial charge on any atom is -0.492 e. The Morgan fingerprint density at radius 3 is 2.65 bits per heavy atom. The van der Waals surface area contributed by atoms with Gasteiger partial charge in [-0.25, -0.2) is 0 Å². The highest BCUT2D eigenvalue weighted by atomic mass is 35.5. The predicted octanol–water partition coefficient (Wildman–Crippen LogP) is 5.38. The normalized spacial score (nSPS) is 14.5. The molecule has 26 heavy (non-hydrogen) atoms. The summed E-state index contributed by atoms with van der Waals surface area (Å²) in [5.74, 6) is -0.206. The van der Waals surface area contributed by atoms with Crippen molar-refractivity contribution in [2.24, 2.45) is 0 Å². The van der Waals surface area contributed by atoms with E-state index in [4.69, 9.17) is 11.6 Å². The molecule has 0 spiro atoms. The van der Waals surface area contributed by atoms with Crippen LogP contribution in [0.4, 0.5) is 10.8 Å². The molecule has 0 amide bonds. The van der Waals surface area contributed by atoms with Crippen LogP contribution in [0.15, 0.2) is 54.6 Å². The van der Waals surface area contributed by atoms with Crippen LogP contribution in [-0.4, -0.2) is 15.9 Å². The molecule has 2 N–H and O–H groups in total. The molecule has 2 aromatic carbocycles. The Morgan fingerprint density at radius 1 is 1.08 bits per heavy atom. The molecular weight excluding hydrogens is 368 g/mol. The van der Waals surface area contributed by atoms with Gasteiger partial charge in [0.15, 0.2) is 10.9 Å². The number of nitrogens with one attached hydrogen (secondary N) is 1. The van der Waals surface area contributed by atoms with E-state index in [0.717, 1.165) is 16.8 Å². The number of aromatic hydroxyl groups is 1. The topological polar surface area (TPSA) is 62.2 Å². The van der Waals surface area contributed by atoms with Crippen LogP contribution < -0.4 is 5.32 Å². The molecule has 4 nitrogen and oxygen atoms in total. The van der Waals surface area contributed by atoms with Gasteiger partial charge in [0.2, 0.25) is 5.88 Å². The zero-order chi connectivity index (χ0) is 18.1. The van der Waals surface area contributed by atoms with Crippen LogP contribution in [-0.2, 0) is 4.79 Å². The lowest BCUT2D eigenvalue weighted by atomic mass is 9.91. The van der Waals surface area contributed by atoms with Crippen molar-refractivity contribution in [2.45, 2.75) is 0 Å². The van der Waals surface area contributed by atoms with Gasteiger partial charge in [0.05, 0.1) is 4.88 Å². The Balaban J connectivity index is 1.67. The summed E-state index contributed by atoms with van der Waals surface area (Å²) in [5, 5.41) is 14.5. The maximum Gasteiger partial charge on any atom is 0.231 e. The predicted molar refractivity (Wildman–Crippen MR) is 107 cm³/mol. The lowest BCUT2D eigenvalue weighted by Crippen LogP contribution is -2.04. The van der Waals surface area contributed by atoms with Crippen LogP contribution in [0.25, 0.3) is 17.7 Å². The number of carbonyl (C=O) groups is 1. The minimum absolute atomic E-state index is 0.0938. The lowest BCUT2D eigenvalue weighted by molar-refractivity contribution is -0.109. The summed E-state index contributed by atoms with van der Waals surface area (Å²) in [4.78, 5) is 17.0. The fourth-order valence-corrected chi connectivity index (χ4v) is 3.63. The fourth-order valence-electron chi connectivity index (χ4n) is 2.68. The number of thiazole rings is 1. The van der Waals surface area contributed by atoms with Gasteiger partial charge in [-0.3, -0.25) is 4.79 Å². The van der Waals surface area contributed by atoms with Gasteiger partial charge in [0, 0.05) is 16.3 Å². The van der Waals surface area contributed by atoms with E-state index in [0.29, 0.717) is 20.6 Å². The molecule has 128 valence electrons. The van der Waals surface area contributed by atoms with Crippen molar-refractivity contribution < 1.29 is 9.90 Å². The Morgan fingerprint density at radius 2 is 1.85 bits per heavy atom. The average Bonchev–Trinajstić information content (AvgIpc) is 2.98. The largest absolute Gasteiger partial charge is 0.492 e. The van der Waals surface area contributed by atoms with Crippen molar-refractivity contribution >= 4 is 57.3 Å². The number of carbonyl (C=O) groups excluding carboxylic acids is 1. The van der Waals surface area contributed by atoms with Crippen molar-refractivity contribution in [3.05, 3.63) is 75.6 Å². The summed E-state index contributed by atoms with van der Waals surface area (Å²) in [6, 6.07) is 14.8. The van der Waals surface area contributed by atoms with E-state index in [1.54, 1.807) is 30.4 Å². The highest BCUT2D eigenvalue weighted by Gasteiger charge is 2.18. The minimum atomic E-state index is -0.112. The van der Waals surface area contributed by atoms with Crippen LogP contribution in [0.3, 0.4) is 0 Å². The average molecular weight is 381 g/mol. The van der Waals surface area contributed by atoms with Crippen molar-refractivity contribution in [1.82, 2.24) is 4.98 Å². The molecule has 3 aromatic rings. The van der Waals surface area contributed by atoms with Gasteiger partial charge in [-0.15, -0.1) is 0 Å². The van der Waals surface area contributed by atoms with Gasteiger partial charge in [0.1, 0.15) is 0 Å². The maximum absolute atomic E-state index is 12.3. The Labute approximate surface area is 159 Å². The number of fused-ring (bicyclic) bond motifs is 1. The third kappa shape index (κ3) is 3.27. The maximum atomic E-state index is 12.3. The third-order valence-electron chi connectivity index (χ3n) is 3.94. The summed E-state index contributed by atoms with van der Waals surface area (Å²) < 4.78 is 0. The number of hydrogen-bond donors (Lipinski definition) is 2. The zero-order valence-corrected chi connectivity index (χ0v) is 15.0. The molecule has 0 atom stereocenters. The standard InChI is InChI=1S/C20H13ClN2O2S/c21-13-6-8-14(9-7-13)22-20-23-19(25)18(26-20)11-16-15-4-2-1-3-12(15)5-10-17(16)24/h1-11,25H,(H,22,23). The van der Waals surface area contributed by atoms with E-state index in [1.807, 2.05) is 36.4 Å². The molecule has 0 saturated carbocycles. The van der Waals surface area contributed by atoms with Gasteiger partial charge in [-0.1, -0.05) is 53.3 Å². The quantitative estimate of drug-likeness (QED) is 0.598. The van der Waals surface area contributed by atoms with Crippen LogP contribution in [0.5, 0.6) is 5.88 Å². The first-order valence-corrected chi connectivity index (χ1v) is 9.05. The van der Waals surface area contributed by atoms with Crippen LogP contribution >= 0.6 is 22.9 Å². The first-order chi connectivity index (χ1) is 12.6. The second-order valence-electron chi connectivity index (χ2n) is 5.68. The number of halogens is 1. The highest BCUT2D eigenvalue weighted by molar-refractivity contribution is 7.16. The Kier molecular flexibility index (Phi) is 4.32. The van der Waals surface area contributed by atoms with E-state index < -0.39 is 0 Å². The summed E-state index contributed by atoms with van der Waals surface area (Å²) in [6.07, 6.45) is 5.03. The van der Waals surface area contributed by atoms with Gasteiger partial charge < -0.3 is 10.4 Å². The van der Waals surface area contributed by atoms with Crippen LogP contribution in [0, 0.1) is 0 Å². The summed E-state index contributed by atoms with van der Waals surface area (Å²) in [7, 11) is 0. The van der Waals surface area contributed by atoms with E-state index in [9.17, 15) is 9.90 Å². The molecule has 4 rings (SSSR count). The number of aromatic nitrogens is 1. The highest BCUT2D eigenvalue weighted by Crippen LogP contribution is 2.35. The molecule has 0 fully saturated rings.